The summed E-state index contributed by atoms with van der Waals surface area (Å²) in [4.78, 5) is 33.6. The van der Waals surface area contributed by atoms with Crippen LogP contribution in [0.1, 0.15) is 206 Å². The minimum Gasteiger partial charge on any atom is -0.466 e. The third kappa shape index (κ3) is 37.7. The van der Waals surface area contributed by atoms with Gasteiger partial charge in [0.2, 0.25) is 0 Å². The number of carbonyl (C=O) groups excluding carboxylic acids is 2. The van der Waals surface area contributed by atoms with Crippen LogP contribution in [0.3, 0.4) is 0 Å². The number of phosphoric acid groups is 1. The Kier molecular flexibility index (Phi) is 35.6. The third-order valence-corrected chi connectivity index (χ3v) is 9.60. The summed E-state index contributed by atoms with van der Waals surface area (Å²) in [7, 11) is -4.01. The summed E-state index contributed by atoms with van der Waals surface area (Å²) in [5, 5.41) is 0. The van der Waals surface area contributed by atoms with Crippen molar-refractivity contribution in [3.63, 3.8) is 0 Å². The van der Waals surface area contributed by atoms with Crippen LogP contribution in [0.2, 0.25) is 0 Å². The summed E-state index contributed by atoms with van der Waals surface area (Å²) >= 11 is 0. The quantitative estimate of drug-likeness (QED) is 0.0387. The van der Waals surface area contributed by atoms with E-state index in [1.54, 1.807) is 0 Å². The van der Waals surface area contributed by atoms with E-state index in [1.165, 1.54) is 89.9 Å². The Morgan fingerprint density at radius 3 is 0.979 bits per heavy atom. The molecule has 0 aromatic rings. The molecule has 0 aliphatic rings. The van der Waals surface area contributed by atoms with Crippen molar-refractivity contribution in [2.24, 2.45) is 0 Å². The molecule has 1 N–H and O–H groups in total. The second-order valence-corrected chi connectivity index (χ2v) is 14.7. The van der Waals surface area contributed by atoms with E-state index in [2.05, 4.69) is 13.8 Å². The summed E-state index contributed by atoms with van der Waals surface area (Å²) in [6.45, 7) is 5.81. The fraction of sp³-hybridized carbons (Fsp3) is 0.947. The van der Waals surface area contributed by atoms with Crippen LogP contribution in [0.15, 0.2) is 0 Å². The van der Waals surface area contributed by atoms with Gasteiger partial charge in [0.05, 0.1) is 26.4 Å². The van der Waals surface area contributed by atoms with Gasteiger partial charge in [0, 0.05) is 12.8 Å². The fourth-order valence-corrected chi connectivity index (χ4v) is 6.34. The molecule has 0 fully saturated rings. The Morgan fingerprint density at radius 1 is 0.404 bits per heavy atom. The molecule has 0 amide bonds. The molecule has 0 saturated heterocycles. The molecular weight excluding hydrogens is 615 g/mol. The Labute approximate surface area is 289 Å². The molecule has 0 rings (SSSR count). The van der Waals surface area contributed by atoms with E-state index in [9.17, 15) is 19.0 Å². The Hall–Kier alpha value is -0.950. The Balaban J connectivity index is 3.41. The number of unbranched alkanes of at least 4 members (excludes halogenated alkanes) is 24. The lowest BCUT2D eigenvalue weighted by Gasteiger charge is -2.12. The van der Waals surface area contributed by atoms with E-state index in [-0.39, 0.29) is 25.2 Å². The average molecular weight is 691 g/mol. The van der Waals surface area contributed by atoms with Crippen molar-refractivity contribution >= 4 is 19.8 Å². The average Bonchev–Trinajstić information content (AvgIpc) is 3.05. The molecule has 280 valence electrons. The highest BCUT2D eigenvalue weighted by molar-refractivity contribution is 7.47. The largest absolute Gasteiger partial charge is 0.472 e. The number of hydrogen-bond acceptors (Lipinski definition) is 7. The number of hydrogen-bond donors (Lipinski definition) is 1. The highest BCUT2D eigenvalue weighted by Crippen LogP contribution is 2.43. The van der Waals surface area contributed by atoms with Crippen molar-refractivity contribution in [1.29, 1.82) is 0 Å². The molecule has 0 aromatic heterocycles. The molecule has 8 nitrogen and oxygen atoms in total. The standard InChI is InChI=1S/C38H75O8P/c1-3-5-7-9-11-13-15-19-25-31-37(39)43-33-27-21-17-23-29-35-45-47(41,42)46-36-30-24-18-22-28-34-44-38(40)32-26-20-16-14-12-10-8-6-4-2/h3-36H2,1-2H3,(H,41,42). The lowest BCUT2D eigenvalue weighted by atomic mass is 10.1. The molecule has 0 saturated carbocycles. The van der Waals surface area contributed by atoms with E-state index in [0.29, 0.717) is 38.9 Å². The highest BCUT2D eigenvalue weighted by Gasteiger charge is 2.20. The van der Waals surface area contributed by atoms with E-state index < -0.39 is 7.82 Å². The van der Waals surface area contributed by atoms with Crippen molar-refractivity contribution in [2.45, 2.75) is 206 Å². The second kappa shape index (κ2) is 36.3. The maximum Gasteiger partial charge on any atom is 0.472 e. The van der Waals surface area contributed by atoms with Crippen molar-refractivity contribution in [1.82, 2.24) is 0 Å². The normalized spacial score (nSPS) is 11.6. The lowest BCUT2D eigenvalue weighted by molar-refractivity contribution is -0.144. The van der Waals surface area contributed by atoms with Crippen molar-refractivity contribution < 1.29 is 37.6 Å². The molecule has 0 radical (unpaired) electrons. The summed E-state index contributed by atoms with van der Waals surface area (Å²) < 4.78 is 32.9. The molecule has 0 spiro atoms. The first kappa shape index (κ1) is 46.0. The van der Waals surface area contributed by atoms with Crippen LogP contribution in [-0.4, -0.2) is 43.3 Å². The first-order chi connectivity index (χ1) is 22.9. The zero-order valence-corrected chi connectivity index (χ0v) is 31.7. The van der Waals surface area contributed by atoms with Crippen molar-refractivity contribution in [2.75, 3.05) is 26.4 Å². The number of ether oxygens (including phenoxy) is 2. The van der Waals surface area contributed by atoms with Crippen LogP contribution in [0.5, 0.6) is 0 Å². The van der Waals surface area contributed by atoms with Crippen LogP contribution in [0.25, 0.3) is 0 Å². The van der Waals surface area contributed by atoms with Gasteiger partial charge in [0.15, 0.2) is 0 Å². The molecule has 0 aliphatic heterocycles. The van der Waals surface area contributed by atoms with E-state index in [0.717, 1.165) is 77.0 Å². The summed E-state index contributed by atoms with van der Waals surface area (Å²) in [6.07, 6.45) is 32.0. The van der Waals surface area contributed by atoms with Gasteiger partial charge in [-0.25, -0.2) is 4.57 Å². The second-order valence-electron chi connectivity index (χ2n) is 13.3. The van der Waals surface area contributed by atoms with Gasteiger partial charge in [-0.3, -0.25) is 18.6 Å². The van der Waals surface area contributed by atoms with Crippen LogP contribution in [0.4, 0.5) is 0 Å². The van der Waals surface area contributed by atoms with Gasteiger partial charge in [-0.1, -0.05) is 155 Å². The molecule has 0 bridgehead atoms. The molecular formula is C38H75O8P. The molecule has 0 unspecified atom stereocenters. The maximum absolute atomic E-state index is 12.1. The molecule has 0 aromatic carbocycles. The number of esters is 2. The first-order valence-electron chi connectivity index (χ1n) is 19.8. The van der Waals surface area contributed by atoms with Crippen molar-refractivity contribution in [3.8, 4) is 0 Å². The predicted molar refractivity (Wildman–Crippen MR) is 194 cm³/mol. The Morgan fingerprint density at radius 2 is 0.660 bits per heavy atom. The molecule has 0 atom stereocenters. The van der Waals surface area contributed by atoms with Crippen LogP contribution in [0, 0.1) is 0 Å². The van der Waals surface area contributed by atoms with Gasteiger partial charge in [-0.2, -0.15) is 0 Å². The van der Waals surface area contributed by atoms with E-state index in [4.69, 9.17) is 18.5 Å². The SMILES string of the molecule is CCCCCCCCCCCC(=O)OCCCCCCCOP(=O)(O)OCCCCCCCOC(=O)CCCCCCCCCCC. The zero-order valence-electron chi connectivity index (χ0n) is 30.8. The van der Waals surface area contributed by atoms with Gasteiger partial charge in [0.25, 0.3) is 0 Å². The third-order valence-electron chi connectivity index (χ3n) is 8.58. The highest BCUT2D eigenvalue weighted by atomic mass is 31.2. The first-order valence-corrected chi connectivity index (χ1v) is 21.3. The number of rotatable bonds is 38. The van der Waals surface area contributed by atoms with Gasteiger partial charge in [-0.05, 0) is 38.5 Å². The van der Waals surface area contributed by atoms with Gasteiger partial charge >= 0.3 is 19.8 Å². The topological polar surface area (TPSA) is 108 Å². The fourth-order valence-electron chi connectivity index (χ4n) is 5.54. The molecule has 0 heterocycles. The maximum atomic E-state index is 12.1. The molecule has 47 heavy (non-hydrogen) atoms. The monoisotopic (exact) mass is 691 g/mol. The smallest absolute Gasteiger partial charge is 0.466 e. The van der Waals surface area contributed by atoms with Gasteiger partial charge < -0.3 is 14.4 Å². The summed E-state index contributed by atoms with van der Waals surface area (Å²) in [5.74, 6) is -0.172. The number of phosphoric ester groups is 1. The number of carbonyl (C=O) groups is 2. The molecule has 0 aliphatic carbocycles. The van der Waals surface area contributed by atoms with Crippen LogP contribution < -0.4 is 0 Å². The van der Waals surface area contributed by atoms with Crippen molar-refractivity contribution in [3.05, 3.63) is 0 Å². The minimum absolute atomic E-state index is 0.0858. The minimum atomic E-state index is -4.01. The Bertz CT molecular complexity index is 676. The van der Waals surface area contributed by atoms with Crippen LogP contribution in [-0.2, 0) is 32.7 Å². The summed E-state index contributed by atoms with van der Waals surface area (Å²) in [5.41, 5.74) is 0. The lowest BCUT2D eigenvalue weighted by Crippen LogP contribution is -2.05. The van der Waals surface area contributed by atoms with Gasteiger partial charge in [-0.15, -0.1) is 0 Å². The predicted octanol–water partition coefficient (Wildman–Crippen LogP) is 11.9. The van der Waals surface area contributed by atoms with Crippen LogP contribution >= 0.6 is 7.82 Å². The van der Waals surface area contributed by atoms with E-state index in [1.807, 2.05) is 0 Å². The van der Waals surface area contributed by atoms with Gasteiger partial charge in [0.1, 0.15) is 0 Å². The zero-order chi connectivity index (χ0) is 34.5. The summed E-state index contributed by atoms with van der Waals surface area (Å²) in [6, 6.07) is 0. The molecule has 9 heteroatoms. The van der Waals surface area contributed by atoms with E-state index >= 15 is 0 Å².